The molecule has 5 nitrogen and oxygen atoms in total. The number of nitrogens with two attached hydrogens (primary N) is 1. The van der Waals surface area contributed by atoms with Gasteiger partial charge in [0.2, 0.25) is 10.0 Å². The predicted molar refractivity (Wildman–Crippen MR) is 52.7 cm³/mol. The first-order valence-corrected chi connectivity index (χ1v) is 5.47. The van der Waals surface area contributed by atoms with Gasteiger partial charge in [0.25, 0.3) is 0 Å². The van der Waals surface area contributed by atoms with Crippen LogP contribution in [0.4, 0.5) is 0 Å². The van der Waals surface area contributed by atoms with Crippen molar-refractivity contribution in [3.63, 3.8) is 0 Å². The normalized spacial score (nSPS) is 11.6. The third-order valence-electron chi connectivity index (χ3n) is 1.78. The highest BCUT2D eigenvalue weighted by atomic mass is 32.2. The summed E-state index contributed by atoms with van der Waals surface area (Å²) < 4.78 is 24.9. The number of benzene rings is 1. The zero-order valence-electron chi connectivity index (χ0n) is 7.77. The maximum absolute atomic E-state index is 11.3. The van der Waals surface area contributed by atoms with Crippen LogP contribution in [0.2, 0.25) is 0 Å². The summed E-state index contributed by atoms with van der Waals surface area (Å²) >= 11 is 0. The van der Waals surface area contributed by atoms with Gasteiger partial charge in [-0.15, -0.1) is 0 Å². The molecule has 0 saturated heterocycles. The van der Waals surface area contributed by atoms with E-state index >= 15 is 0 Å². The van der Waals surface area contributed by atoms with Crippen LogP contribution in [0.25, 0.3) is 0 Å². The van der Waals surface area contributed by atoms with Gasteiger partial charge < -0.3 is 0 Å². The number of nitrogens with zero attached hydrogens (tertiary/aromatic N) is 1. The van der Waals surface area contributed by atoms with Crippen molar-refractivity contribution in [2.75, 3.05) is 7.05 Å². The molecule has 3 N–H and O–H groups in total. The van der Waals surface area contributed by atoms with E-state index in [4.69, 9.17) is 5.84 Å². The van der Waals surface area contributed by atoms with Crippen molar-refractivity contribution in [1.82, 2.24) is 10.1 Å². The molecule has 0 unspecified atom stereocenters. The molecule has 0 spiro atoms. The van der Waals surface area contributed by atoms with Crippen LogP contribution in [-0.4, -0.2) is 15.5 Å². The molecule has 1 radical (unpaired) electrons. The van der Waals surface area contributed by atoms with Crippen LogP contribution >= 0.6 is 0 Å². The first-order valence-electron chi connectivity index (χ1n) is 3.99. The average Bonchev–Trinajstić information content (AvgIpc) is 2.19. The molecule has 14 heavy (non-hydrogen) atoms. The summed E-state index contributed by atoms with van der Waals surface area (Å²) in [5.74, 6) is 5.00. The molecule has 0 atom stereocenters. The number of sulfonamides is 1. The summed E-state index contributed by atoms with van der Waals surface area (Å²) in [5, 5.41) is 0. The van der Waals surface area contributed by atoms with Crippen LogP contribution in [-0.2, 0) is 16.6 Å². The van der Waals surface area contributed by atoms with Gasteiger partial charge in [0.15, 0.2) is 0 Å². The first kappa shape index (κ1) is 11.1. The lowest BCUT2D eigenvalue weighted by molar-refractivity contribution is 0.588. The van der Waals surface area contributed by atoms with E-state index in [0.717, 1.165) is 5.56 Å². The van der Waals surface area contributed by atoms with Gasteiger partial charge in [-0.1, -0.05) is 12.1 Å². The fourth-order valence-corrected chi connectivity index (χ4v) is 1.73. The molecular formula is C8H12N3O2S. The van der Waals surface area contributed by atoms with Crippen molar-refractivity contribution < 1.29 is 8.42 Å². The maximum Gasteiger partial charge on any atom is 0.240 e. The quantitative estimate of drug-likeness (QED) is 0.527. The molecule has 77 valence electrons. The number of rotatable bonds is 4. The summed E-state index contributed by atoms with van der Waals surface area (Å²) in [6.07, 6.45) is 0. The van der Waals surface area contributed by atoms with Gasteiger partial charge >= 0.3 is 0 Å². The Balaban J connectivity index is 2.94. The van der Waals surface area contributed by atoms with E-state index in [1.54, 1.807) is 12.1 Å². The monoisotopic (exact) mass is 214 g/mol. The molecule has 0 bridgehead atoms. The molecule has 1 aromatic carbocycles. The van der Waals surface area contributed by atoms with Gasteiger partial charge in [0.05, 0.1) is 11.4 Å². The number of hydrogen-bond donors (Lipinski definition) is 2. The third kappa shape index (κ3) is 2.52. The zero-order valence-corrected chi connectivity index (χ0v) is 8.58. The van der Waals surface area contributed by atoms with Gasteiger partial charge in [0.1, 0.15) is 0 Å². The van der Waals surface area contributed by atoms with Crippen LogP contribution < -0.4 is 16.0 Å². The van der Waals surface area contributed by atoms with E-state index in [0.29, 0.717) is 6.54 Å². The molecule has 0 amide bonds. The summed E-state index contributed by atoms with van der Waals surface area (Å²) in [7, 11) is -1.97. The minimum atomic E-state index is -3.34. The molecule has 1 rings (SSSR count). The van der Waals surface area contributed by atoms with Crippen LogP contribution in [0.1, 0.15) is 5.56 Å². The fourth-order valence-electron chi connectivity index (χ4n) is 0.997. The Labute approximate surface area is 83.3 Å². The number of hydrogen-bond acceptors (Lipinski definition) is 3. The molecule has 1 aromatic rings. The Kier molecular flexibility index (Phi) is 3.59. The molecule has 0 fully saturated rings. The van der Waals surface area contributed by atoms with Crippen molar-refractivity contribution in [3.8, 4) is 0 Å². The fraction of sp³-hybridized carbons (Fsp3) is 0.250. The van der Waals surface area contributed by atoms with Crippen molar-refractivity contribution in [3.05, 3.63) is 29.8 Å². The summed E-state index contributed by atoms with van der Waals surface area (Å²) in [4.78, 5) is 0.237. The highest BCUT2D eigenvalue weighted by Gasteiger charge is 2.09. The van der Waals surface area contributed by atoms with Crippen LogP contribution in [0.3, 0.4) is 0 Å². The largest absolute Gasteiger partial charge is 0.253 e. The van der Waals surface area contributed by atoms with Gasteiger partial charge in [-0.25, -0.2) is 13.1 Å². The lowest BCUT2D eigenvalue weighted by atomic mass is 10.2. The van der Waals surface area contributed by atoms with Crippen molar-refractivity contribution >= 4 is 10.0 Å². The minimum Gasteiger partial charge on any atom is -0.253 e. The van der Waals surface area contributed by atoms with Gasteiger partial charge in [-0.2, -0.15) is 5.43 Å². The smallest absolute Gasteiger partial charge is 0.240 e. The molecular weight excluding hydrogens is 202 g/mol. The van der Waals surface area contributed by atoms with Gasteiger partial charge in [0, 0.05) is 0 Å². The van der Waals surface area contributed by atoms with E-state index in [-0.39, 0.29) is 4.90 Å². The molecule has 0 aliphatic rings. The summed E-state index contributed by atoms with van der Waals surface area (Å²) in [5.41, 5.74) is 4.33. The minimum absolute atomic E-state index is 0.237. The van der Waals surface area contributed by atoms with E-state index in [1.807, 2.05) is 0 Å². The second-order valence-corrected chi connectivity index (χ2v) is 4.58. The van der Waals surface area contributed by atoms with E-state index < -0.39 is 10.0 Å². The Morgan fingerprint density at radius 1 is 1.36 bits per heavy atom. The van der Waals surface area contributed by atoms with Crippen LogP contribution in [0.5, 0.6) is 0 Å². The molecule has 6 heteroatoms. The lowest BCUT2D eigenvalue weighted by Gasteiger charge is -2.03. The molecule has 0 aliphatic heterocycles. The Hall–Kier alpha value is -0.950. The summed E-state index contributed by atoms with van der Waals surface area (Å²) in [6, 6.07) is 6.40. The molecule has 0 heterocycles. The Morgan fingerprint density at radius 3 is 2.36 bits per heavy atom. The lowest BCUT2D eigenvalue weighted by Crippen LogP contribution is -2.18. The third-order valence-corrected chi connectivity index (χ3v) is 3.21. The van der Waals surface area contributed by atoms with Crippen molar-refractivity contribution in [2.24, 2.45) is 5.84 Å². The van der Waals surface area contributed by atoms with E-state index in [1.165, 1.54) is 19.2 Å². The molecule has 0 aliphatic carbocycles. The van der Waals surface area contributed by atoms with Crippen molar-refractivity contribution in [2.45, 2.75) is 11.4 Å². The van der Waals surface area contributed by atoms with Gasteiger partial charge in [-0.05, 0) is 24.7 Å². The topological polar surface area (TPSA) is 86.3 Å². The second-order valence-electron chi connectivity index (χ2n) is 2.69. The van der Waals surface area contributed by atoms with E-state index in [9.17, 15) is 8.42 Å². The highest BCUT2D eigenvalue weighted by molar-refractivity contribution is 7.89. The predicted octanol–water partition coefficient (Wildman–Crippen LogP) is -0.427. The second kappa shape index (κ2) is 4.52. The number of nitrogens with one attached hydrogen (secondary N) is 1. The average molecular weight is 214 g/mol. The molecule has 0 saturated carbocycles. The SMILES string of the molecule is CNS(=O)(=O)c1ccc(C[N]N)cc1. The zero-order chi connectivity index (χ0) is 10.6. The molecule has 0 aromatic heterocycles. The standard InChI is InChI=1S/C8H12N3O2S/c1-10-14(12,13)8-4-2-7(3-5-8)6-11-9/h2-5,10H,6,9H2,1H3. The van der Waals surface area contributed by atoms with Crippen LogP contribution in [0.15, 0.2) is 29.2 Å². The Morgan fingerprint density at radius 2 is 1.93 bits per heavy atom. The highest BCUT2D eigenvalue weighted by Crippen LogP contribution is 2.09. The van der Waals surface area contributed by atoms with Crippen molar-refractivity contribution in [1.29, 1.82) is 0 Å². The first-order chi connectivity index (χ1) is 6.60. The summed E-state index contributed by atoms with van der Waals surface area (Å²) in [6.45, 7) is 0.389. The Bertz CT molecular complexity index is 386. The van der Waals surface area contributed by atoms with E-state index in [2.05, 4.69) is 10.1 Å². The van der Waals surface area contributed by atoms with Gasteiger partial charge in [-0.3, -0.25) is 5.84 Å². The van der Waals surface area contributed by atoms with Crippen LogP contribution in [0, 0.1) is 0 Å². The maximum atomic E-state index is 11.3.